The number of hydrogen-bond acceptors (Lipinski definition) is 6. The molecule has 2 atom stereocenters. The highest BCUT2D eigenvalue weighted by Crippen LogP contribution is 2.39. The van der Waals surface area contributed by atoms with Gasteiger partial charge in [0.25, 0.3) is 0 Å². The summed E-state index contributed by atoms with van der Waals surface area (Å²) >= 11 is 1.40. The fourth-order valence-corrected chi connectivity index (χ4v) is 4.71. The molecule has 1 amide bonds. The molecule has 0 fully saturated rings. The van der Waals surface area contributed by atoms with Gasteiger partial charge in [-0.3, -0.25) is 4.79 Å². The molecule has 0 aliphatic carbocycles. The molecule has 0 bridgehead atoms. The lowest BCUT2D eigenvalue weighted by molar-refractivity contribution is -0.116. The third kappa shape index (κ3) is 3.92. The number of benzene rings is 3. The van der Waals surface area contributed by atoms with E-state index in [0.29, 0.717) is 11.0 Å². The molecule has 0 unspecified atom stereocenters. The Labute approximate surface area is 189 Å². The Morgan fingerprint density at radius 2 is 1.66 bits per heavy atom. The molecule has 1 aliphatic rings. The van der Waals surface area contributed by atoms with Gasteiger partial charge in [-0.05, 0) is 29.8 Å². The second-order valence-corrected chi connectivity index (χ2v) is 8.39. The van der Waals surface area contributed by atoms with E-state index in [9.17, 15) is 4.79 Å². The van der Waals surface area contributed by atoms with Gasteiger partial charge in [0.15, 0.2) is 5.82 Å². The summed E-state index contributed by atoms with van der Waals surface area (Å²) in [5.74, 6) is 1.36. The lowest BCUT2D eigenvalue weighted by Gasteiger charge is -2.33. The molecule has 160 valence electrons. The number of anilines is 1. The molecule has 1 aromatic heterocycles. The zero-order chi connectivity index (χ0) is 21.9. The summed E-state index contributed by atoms with van der Waals surface area (Å²) < 4.78 is 7.16. The number of nitrogens with one attached hydrogen (secondary N) is 2. The summed E-state index contributed by atoms with van der Waals surface area (Å²) in [5.41, 5.74) is 6.14. The molecule has 0 radical (unpaired) electrons. The minimum atomic E-state index is -0.455. The summed E-state index contributed by atoms with van der Waals surface area (Å²) in [7, 11) is 1.63. The number of methoxy groups -OCH3 is 1. The lowest BCUT2D eigenvalue weighted by atomic mass is 10.0. The predicted molar refractivity (Wildman–Crippen MR) is 125 cm³/mol. The van der Waals surface area contributed by atoms with Crippen LogP contribution in [0.1, 0.15) is 11.6 Å². The van der Waals surface area contributed by atoms with Gasteiger partial charge in [0, 0.05) is 11.3 Å². The highest BCUT2D eigenvalue weighted by atomic mass is 32.2. The normalized spacial score (nSPS) is 17.2. The van der Waals surface area contributed by atoms with Crippen LogP contribution in [0.3, 0.4) is 0 Å². The number of ether oxygens (including phenoxy) is 1. The van der Waals surface area contributed by atoms with E-state index in [4.69, 9.17) is 4.74 Å². The molecule has 4 aromatic rings. The van der Waals surface area contributed by atoms with E-state index >= 15 is 0 Å². The van der Waals surface area contributed by atoms with Crippen molar-refractivity contribution in [3.05, 3.63) is 90.5 Å². The first-order valence-electron chi connectivity index (χ1n) is 10.2. The minimum absolute atomic E-state index is 0.106. The predicted octanol–water partition coefficient (Wildman–Crippen LogP) is 4.35. The molecule has 2 heterocycles. The Kier molecular flexibility index (Phi) is 5.51. The van der Waals surface area contributed by atoms with Crippen LogP contribution in [0.2, 0.25) is 0 Å². The van der Waals surface area contributed by atoms with E-state index in [2.05, 4.69) is 20.9 Å². The third-order valence-electron chi connectivity index (χ3n) is 5.24. The van der Waals surface area contributed by atoms with Crippen LogP contribution in [0.15, 0.2) is 90.1 Å². The van der Waals surface area contributed by atoms with Gasteiger partial charge in [-0.1, -0.05) is 72.4 Å². The van der Waals surface area contributed by atoms with E-state index in [1.807, 2.05) is 89.6 Å². The van der Waals surface area contributed by atoms with Gasteiger partial charge >= 0.3 is 0 Å². The number of carbonyl (C=O) groups is 1. The van der Waals surface area contributed by atoms with Crippen LogP contribution < -0.4 is 15.5 Å². The van der Waals surface area contributed by atoms with Crippen molar-refractivity contribution in [2.24, 2.45) is 0 Å². The van der Waals surface area contributed by atoms with E-state index in [-0.39, 0.29) is 11.9 Å². The molecule has 0 spiro atoms. The van der Waals surface area contributed by atoms with Crippen molar-refractivity contribution in [2.75, 3.05) is 17.9 Å². The van der Waals surface area contributed by atoms with Crippen LogP contribution >= 0.6 is 11.8 Å². The third-order valence-corrected chi connectivity index (χ3v) is 6.46. The Morgan fingerprint density at radius 1 is 0.969 bits per heavy atom. The highest BCUT2D eigenvalue weighted by molar-refractivity contribution is 8.00. The van der Waals surface area contributed by atoms with Crippen LogP contribution in [0.4, 0.5) is 5.69 Å². The highest BCUT2D eigenvalue weighted by Gasteiger charge is 2.38. The van der Waals surface area contributed by atoms with E-state index in [0.717, 1.165) is 22.6 Å². The van der Waals surface area contributed by atoms with Crippen molar-refractivity contribution in [3.8, 4) is 17.1 Å². The molecule has 5 rings (SSSR count). The number of nitrogens with zero attached hydrogens (tertiary/aromatic N) is 3. The van der Waals surface area contributed by atoms with Gasteiger partial charge in [0.1, 0.15) is 11.0 Å². The maximum atomic E-state index is 13.3. The minimum Gasteiger partial charge on any atom is -0.497 e. The number of para-hydroxylation sites is 1. The topological polar surface area (TPSA) is 81.1 Å². The van der Waals surface area contributed by atoms with Crippen molar-refractivity contribution >= 4 is 23.4 Å². The second-order valence-electron chi connectivity index (χ2n) is 7.28. The van der Waals surface area contributed by atoms with Crippen LogP contribution in [0, 0.1) is 0 Å². The van der Waals surface area contributed by atoms with Crippen molar-refractivity contribution in [1.82, 2.24) is 14.9 Å². The molecular formula is C24H21N5O2S. The van der Waals surface area contributed by atoms with Gasteiger partial charge in [-0.15, -0.1) is 10.2 Å². The first kappa shape index (κ1) is 20.1. The quantitative estimate of drug-likeness (QED) is 0.477. The summed E-state index contributed by atoms with van der Waals surface area (Å²) in [5, 5.41) is 11.9. The molecule has 32 heavy (non-hydrogen) atoms. The van der Waals surface area contributed by atoms with Crippen molar-refractivity contribution in [1.29, 1.82) is 0 Å². The van der Waals surface area contributed by atoms with Crippen molar-refractivity contribution in [3.63, 3.8) is 0 Å². The average Bonchev–Trinajstić information content (AvgIpc) is 3.27. The Hall–Kier alpha value is -3.78. The summed E-state index contributed by atoms with van der Waals surface area (Å²) in [6.45, 7) is 0. The van der Waals surface area contributed by atoms with Crippen LogP contribution in [0.5, 0.6) is 5.75 Å². The zero-order valence-electron chi connectivity index (χ0n) is 17.3. The van der Waals surface area contributed by atoms with Gasteiger partial charge in [0.2, 0.25) is 11.1 Å². The fraction of sp³-hybridized carbons (Fsp3) is 0.125. The molecular weight excluding hydrogens is 422 g/mol. The average molecular weight is 444 g/mol. The number of aromatic nitrogens is 3. The number of amides is 1. The SMILES string of the molecule is COc1ccc([C@@H]2Nn3c(nnc3-c3ccccc3)S[C@@H]2C(=O)Nc2ccccc2)cc1. The van der Waals surface area contributed by atoms with Crippen LogP contribution in [-0.4, -0.2) is 33.1 Å². The number of thioether (sulfide) groups is 1. The molecule has 8 heteroatoms. The molecule has 1 aliphatic heterocycles. The second kappa shape index (κ2) is 8.76. The Bertz CT molecular complexity index is 1210. The maximum Gasteiger partial charge on any atom is 0.240 e. The molecule has 3 aromatic carbocycles. The maximum absolute atomic E-state index is 13.3. The summed E-state index contributed by atoms with van der Waals surface area (Å²) in [4.78, 5) is 13.3. The monoisotopic (exact) mass is 443 g/mol. The van der Waals surface area contributed by atoms with E-state index in [1.54, 1.807) is 7.11 Å². The fourth-order valence-electron chi connectivity index (χ4n) is 3.63. The summed E-state index contributed by atoms with van der Waals surface area (Å²) in [6.07, 6.45) is 0. The lowest BCUT2D eigenvalue weighted by Crippen LogP contribution is -2.41. The number of carbonyl (C=O) groups excluding carboxylic acids is 1. The van der Waals surface area contributed by atoms with Crippen molar-refractivity contribution in [2.45, 2.75) is 16.4 Å². The smallest absolute Gasteiger partial charge is 0.240 e. The number of hydrogen-bond donors (Lipinski definition) is 2. The number of fused-ring (bicyclic) bond motifs is 1. The number of rotatable bonds is 5. The first-order chi connectivity index (χ1) is 15.7. The largest absolute Gasteiger partial charge is 0.497 e. The standard InChI is InChI=1S/C24H21N5O2S/c1-31-19-14-12-16(13-15-19)20-21(23(30)25-18-10-6-3-7-11-18)32-24-27-26-22(29(24)28-20)17-8-4-2-5-9-17/h2-15,20-21,28H,1H3,(H,25,30)/t20-,21-/m0/s1. The first-order valence-corrected chi connectivity index (χ1v) is 11.0. The Balaban J connectivity index is 1.51. The van der Waals surface area contributed by atoms with Gasteiger partial charge in [0.05, 0.1) is 13.2 Å². The van der Waals surface area contributed by atoms with Gasteiger partial charge in [-0.25, -0.2) is 4.68 Å². The van der Waals surface area contributed by atoms with Crippen molar-refractivity contribution < 1.29 is 9.53 Å². The zero-order valence-corrected chi connectivity index (χ0v) is 18.1. The molecule has 0 saturated carbocycles. The van der Waals surface area contributed by atoms with E-state index < -0.39 is 5.25 Å². The van der Waals surface area contributed by atoms with E-state index in [1.165, 1.54) is 11.8 Å². The molecule has 0 saturated heterocycles. The van der Waals surface area contributed by atoms with Crippen LogP contribution in [0.25, 0.3) is 11.4 Å². The molecule has 7 nitrogen and oxygen atoms in total. The van der Waals surface area contributed by atoms with Gasteiger partial charge < -0.3 is 15.5 Å². The van der Waals surface area contributed by atoms with Gasteiger partial charge in [-0.2, -0.15) is 0 Å². The molecule has 2 N–H and O–H groups in total. The summed E-state index contributed by atoms with van der Waals surface area (Å²) in [6, 6.07) is 26.7. The Morgan fingerprint density at radius 3 is 2.34 bits per heavy atom. The van der Waals surface area contributed by atoms with Crippen LogP contribution in [-0.2, 0) is 4.79 Å².